The molecular weight excluding hydrogens is 462 g/mol. The number of carbonyl (C=O) groups is 3. The lowest BCUT2D eigenvalue weighted by atomic mass is 10.0. The highest BCUT2D eigenvalue weighted by atomic mass is 35.5. The van der Waals surface area contributed by atoms with Gasteiger partial charge in [0, 0.05) is 29.5 Å². The predicted octanol–water partition coefficient (Wildman–Crippen LogP) is 2.49. The molecule has 34 heavy (non-hydrogen) atoms. The predicted molar refractivity (Wildman–Crippen MR) is 128 cm³/mol. The normalized spacial score (nSPS) is 14.3. The van der Waals surface area contributed by atoms with Crippen LogP contribution in [0.4, 0.5) is 0 Å². The van der Waals surface area contributed by atoms with E-state index in [1.54, 1.807) is 55.5 Å². The fourth-order valence-corrected chi connectivity index (χ4v) is 3.27. The maximum atomic E-state index is 12.7. The first-order chi connectivity index (χ1) is 15.8. The Hall–Kier alpha value is -3.43. The van der Waals surface area contributed by atoms with Crippen LogP contribution in [0.3, 0.4) is 0 Å². The molecule has 2 aromatic rings. The van der Waals surface area contributed by atoms with Gasteiger partial charge in [0.1, 0.15) is 17.7 Å². The second-order valence-electron chi connectivity index (χ2n) is 7.67. The molecule has 4 N–H and O–H groups in total. The number of ketones is 1. The summed E-state index contributed by atoms with van der Waals surface area (Å²) in [7, 11) is 0. The Morgan fingerprint density at radius 1 is 1.03 bits per heavy atom. The van der Waals surface area contributed by atoms with Crippen LogP contribution in [-0.2, 0) is 14.3 Å². The third kappa shape index (κ3) is 7.57. The lowest BCUT2D eigenvalue weighted by Crippen LogP contribution is -2.38. The number of nitrogens with two attached hydrogens (primary N) is 1. The minimum atomic E-state index is -0.758. The minimum absolute atomic E-state index is 0. The summed E-state index contributed by atoms with van der Waals surface area (Å²) in [5.41, 5.74) is 6.67. The van der Waals surface area contributed by atoms with Crippen molar-refractivity contribution in [1.29, 1.82) is 5.41 Å². The number of amidine groups is 1. The van der Waals surface area contributed by atoms with E-state index in [-0.39, 0.29) is 36.7 Å². The number of halogens is 1. The van der Waals surface area contributed by atoms with Gasteiger partial charge in [0.05, 0.1) is 19.3 Å². The van der Waals surface area contributed by atoms with Crippen molar-refractivity contribution in [3.8, 4) is 5.75 Å². The summed E-state index contributed by atoms with van der Waals surface area (Å²) in [6, 6.07) is 11.8. The Kier molecular flexibility index (Phi) is 10.0. The molecule has 2 aromatic carbocycles. The third-order valence-electron chi connectivity index (χ3n) is 5.16. The molecule has 1 unspecified atom stereocenters. The summed E-state index contributed by atoms with van der Waals surface area (Å²) in [5, 5.41) is 10.1. The highest BCUT2D eigenvalue weighted by Gasteiger charge is 2.20. The van der Waals surface area contributed by atoms with Gasteiger partial charge in [-0.1, -0.05) is 12.1 Å². The zero-order valence-electron chi connectivity index (χ0n) is 18.7. The van der Waals surface area contributed by atoms with Crippen molar-refractivity contribution < 1.29 is 28.6 Å². The van der Waals surface area contributed by atoms with E-state index in [4.69, 9.17) is 25.4 Å². The average Bonchev–Trinajstić information content (AvgIpc) is 2.83. The molecule has 0 aromatic heterocycles. The fourth-order valence-electron chi connectivity index (χ4n) is 3.27. The van der Waals surface area contributed by atoms with Crippen molar-refractivity contribution in [2.45, 2.75) is 31.9 Å². The van der Waals surface area contributed by atoms with Gasteiger partial charge in [-0.15, -0.1) is 12.4 Å². The van der Waals surface area contributed by atoms with Gasteiger partial charge < -0.3 is 25.3 Å². The van der Waals surface area contributed by atoms with Gasteiger partial charge in [0.2, 0.25) is 0 Å². The first-order valence-corrected chi connectivity index (χ1v) is 10.6. The molecule has 1 atom stereocenters. The van der Waals surface area contributed by atoms with Crippen molar-refractivity contribution in [3.63, 3.8) is 0 Å². The van der Waals surface area contributed by atoms with Crippen molar-refractivity contribution in [3.05, 3.63) is 65.2 Å². The number of nitrogens with one attached hydrogen (secondary N) is 2. The van der Waals surface area contributed by atoms with Gasteiger partial charge in [0.25, 0.3) is 5.91 Å². The Morgan fingerprint density at radius 3 is 2.18 bits per heavy atom. The zero-order chi connectivity index (χ0) is 23.8. The van der Waals surface area contributed by atoms with Crippen molar-refractivity contribution in [1.82, 2.24) is 5.32 Å². The zero-order valence-corrected chi connectivity index (χ0v) is 19.6. The van der Waals surface area contributed by atoms with E-state index in [2.05, 4.69) is 5.32 Å². The molecule has 1 saturated heterocycles. The largest absolute Gasteiger partial charge is 0.482 e. The first kappa shape index (κ1) is 26.8. The molecular formula is C24H28ClN3O6. The van der Waals surface area contributed by atoms with E-state index in [1.165, 1.54) is 0 Å². The topological polar surface area (TPSA) is 141 Å². The summed E-state index contributed by atoms with van der Waals surface area (Å²) < 4.78 is 16.0. The van der Waals surface area contributed by atoms with Crippen LogP contribution in [-0.4, -0.2) is 55.5 Å². The van der Waals surface area contributed by atoms with E-state index in [9.17, 15) is 14.4 Å². The maximum absolute atomic E-state index is 12.7. The molecule has 0 spiro atoms. The van der Waals surface area contributed by atoms with Crippen molar-refractivity contribution in [2.75, 3.05) is 19.8 Å². The standard InChI is InChI=1S/C24H27N3O6.ClH/c1-15(27-24(30)18-4-2-17(3-5-18)23(25)26)22(29)16-6-8-19(9-7-16)32-14-21(28)33-20-10-12-31-13-11-20;/h2-9,15,20H,10-14H2,1H3,(H3,25,26)(H,27,30);1H. The van der Waals surface area contributed by atoms with E-state index in [1.807, 2.05) is 0 Å². The molecule has 0 radical (unpaired) electrons. The molecule has 1 fully saturated rings. The Balaban J connectivity index is 0.00000408. The second kappa shape index (κ2) is 12.7. The van der Waals surface area contributed by atoms with Gasteiger partial charge in [-0.05, 0) is 43.3 Å². The molecule has 1 heterocycles. The van der Waals surface area contributed by atoms with Gasteiger partial charge in [-0.25, -0.2) is 4.79 Å². The number of carbonyl (C=O) groups excluding carboxylic acids is 3. The van der Waals surface area contributed by atoms with Crippen LogP contribution in [0.2, 0.25) is 0 Å². The highest BCUT2D eigenvalue weighted by Crippen LogP contribution is 2.15. The monoisotopic (exact) mass is 489 g/mol. The first-order valence-electron chi connectivity index (χ1n) is 10.6. The van der Waals surface area contributed by atoms with Gasteiger partial charge in [0.15, 0.2) is 12.4 Å². The smallest absolute Gasteiger partial charge is 0.344 e. The number of hydrogen-bond acceptors (Lipinski definition) is 7. The quantitative estimate of drug-likeness (QED) is 0.212. The second-order valence-corrected chi connectivity index (χ2v) is 7.67. The molecule has 0 saturated carbocycles. The maximum Gasteiger partial charge on any atom is 0.344 e. The highest BCUT2D eigenvalue weighted by molar-refractivity contribution is 6.04. The van der Waals surface area contributed by atoms with Crippen LogP contribution < -0.4 is 15.8 Å². The Morgan fingerprint density at radius 2 is 1.59 bits per heavy atom. The molecule has 9 nitrogen and oxygen atoms in total. The lowest BCUT2D eigenvalue weighted by Gasteiger charge is -2.22. The number of esters is 1. The van der Waals surface area contributed by atoms with Crippen LogP contribution in [0, 0.1) is 5.41 Å². The van der Waals surface area contributed by atoms with Crippen molar-refractivity contribution in [2.24, 2.45) is 5.73 Å². The number of ether oxygens (including phenoxy) is 3. The number of amides is 1. The Labute approximate surface area is 203 Å². The molecule has 1 aliphatic rings. The summed E-state index contributed by atoms with van der Waals surface area (Å²) in [5.74, 6) is -0.787. The van der Waals surface area contributed by atoms with E-state index in [0.717, 1.165) is 0 Å². The number of nitrogen functional groups attached to an aromatic ring is 1. The van der Waals surface area contributed by atoms with Crippen LogP contribution in [0.1, 0.15) is 46.0 Å². The van der Waals surface area contributed by atoms with Gasteiger partial charge >= 0.3 is 5.97 Å². The molecule has 1 aliphatic heterocycles. The third-order valence-corrected chi connectivity index (χ3v) is 5.16. The van der Waals surface area contributed by atoms with Crippen LogP contribution >= 0.6 is 12.4 Å². The van der Waals surface area contributed by atoms with Crippen molar-refractivity contribution >= 4 is 35.9 Å². The SMILES string of the molecule is CC(NC(=O)c1ccc(C(=N)N)cc1)C(=O)c1ccc(OCC(=O)OC2CCOCC2)cc1.Cl. The number of rotatable bonds is 9. The van der Waals surface area contributed by atoms with E-state index >= 15 is 0 Å². The molecule has 182 valence electrons. The van der Waals surface area contributed by atoms with Crippen LogP contribution in [0.5, 0.6) is 5.75 Å². The van der Waals surface area contributed by atoms with Gasteiger partial charge in [-0.3, -0.25) is 15.0 Å². The minimum Gasteiger partial charge on any atom is -0.482 e. The number of Topliss-reactive ketones (excluding diaryl/α,β-unsaturated/α-hetero) is 1. The number of hydrogen-bond donors (Lipinski definition) is 3. The summed E-state index contributed by atoms with van der Waals surface area (Å²) in [6.07, 6.45) is 1.22. The molecule has 0 aliphatic carbocycles. The summed E-state index contributed by atoms with van der Waals surface area (Å²) in [6.45, 7) is 2.54. The fraction of sp³-hybridized carbons (Fsp3) is 0.333. The van der Waals surface area contributed by atoms with E-state index in [0.29, 0.717) is 48.5 Å². The summed E-state index contributed by atoms with van der Waals surface area (Å²) in [4.78, 5) is 37.0. The molecule has 1 amide bonds. The molecule has 10 heteroatoms. The van der Waals surface area contributed by atoms with Crippen LogP contribution in [0.15, 0.2) is 48.5 Å². The van der Waals surface area contributed by atoms with Gasteiger partial charge in [-0.2, -0.15) is 0 Å². The average molecular weight is 490 g/mol. The van der Waals surface area contributed by atoms with E-state index < -0.39 is 17.9 Å². The Bertz CT molecular complexity index is 1000. The molecule has 0 bridgehead atoms. The van der Waals surface area contributed by atoms with Crippen LogP contribution in [0.25, 0.3) is 0 Å². The number of benzene rings is 2. The lowest BCUT2D eigenvalue weighted by molar-refractivity contribution is -0.155. The summed E-state index contributed by atoms with van der Waals surface area (Å²) >= 11 is 0. The molecule has 3 rings (SSSR count).